The summed E-state index contributed by atoms with van der Waals surface area (Å²) in [5.74, 6) is 0. The van der Waals surface area contributed by atoms with Crippen molar-refractivity contribution in [3.8, 4) is 0 Å². The lowest BCUT2D eigenvalue weighted by Gasteiger charge is -2.24. The first-order valence-electron chi connectivity index (χ1n) is 5.78. The van der Waals surface area contributed by atoms with E-state index in [0.29, 0.717) is 0 Å². The van der Waals surface area contributed by atoms with Gasteiger partial charge >= 0.3 is 0 Å². The van der Waals surface area contributed by atoms with Gasteiger partial charge in [0.15, 0.2) is 0 Å². The van der Waals surface area contributed by atoms with Crippen LogP contribution in [0.15, 0.2) is 12.1 Å². The van der Waals surface area contributed by atoms with Crippen LogP contribution in [-0.2, 0) is 6.54 Å². The number of nitrogens with one attached hydrogen (secondary N) is 1. The number of benzene rings is 1. The standard InChI is InChI=1S/C14H23NO/c1-10-6-12(3)13(7-11(10)2)8-15-14(4,5)9-16/h6-7,15-16H,8-9H2,1-5H3. The van der Waals surface area contributed by atoms with Crippen LogP contribution in [0, 0.1) is 20.8 Å². The molecule has 0 atom stereocenters. The quantitative estimate of drug-likeness (QED) is 0.818. The van der Waals surface area contributed by atoms with Crippen molar-refractivity contribution >= 4 is 0 Å². The molecule has 2 heteroatoms. The van der Waals surface area contributed by atoms with Crippen molar-refractivity contribution in [2.24, 2.45) is 0 Å². The third-order valence-electron chi connectivity index (χ3n) is 3.10. The topological polar surface area (TPSA) is 32.3 Å². The summed E-state index contributed by atoms with van der Waals surface area (Å²) in [6.45, 7) is 11.4. The molecule has 1 aromatic rings. The fourth-order valence-electron chi connectivity index (χ4n) is 1.60. The van der Waals surface area contributed by atoms with Crippen LogP contribution in [0.2, 0.25) is 0 Å². The molecule has 16 heavy (non-hydrogen) atoms. The van der Waals surface area contributed by atoms with Crippen molar-refractivity contribution in [2.75, 3.05) is 6.61 Å². The number of hydrogen-bond donors (Lipinski definition) is 2. The van der Waals surface area contributed by atoms with Gasteiger partial charge in [0, 0.05) is 12.1 Å². The number of aliphatic hydroxyl groups is 1. The maximum atomic E-state index is 9.18. The van der Waals surface area contributed by atoms with Gasteiger partial charge in [0.1, 0.15) is 0 Å². The van der Waals surface area contributed by atoms with Crippen LogP contribution in [0.4, 0.5) is 0 Å². The molecular formula is C14H23NO. The van der Waals surface area contributed by atoms with Crippen LogP contribution >= 0.6 is 0 Å². The summed E-state index contributed by atoms with van der Waals surface area (Å²) >= 11 is 0. The molecule has 0 unspecified atom stereocenters. The van der Waals surface area contributed by atoms with Crippen molar-refractivity contribution < 1.29 is 5.11 Å². The fourth-order valence-corrected chi connectivity index (χ4v) is 1.60. The van der Waals surface area contributed by atoms with Crippen LogP contribution < -0.4 is 5.32 Å². The van der Waals surface area contributed by atoms with Gasteiger partial charge in [-0.3, -0.25) is 0 Å². The van der Waals surface area contributed by atoms with Gasteiger partial charge in [-0.15, -0.1) is 0 Å². The normalized spacial score (nSPS) is 11.9. The van der Waals surface area contributed by atoms with Crippen LogP contribution in [-0.4, -0.2) is 17.3 Å². The fraction of sp³-hybridized carbons (Fsp3) is 0.571. The second-order valence-corrected chi connectivity index (χ2v) is 5.26. The number of hydrogen-bond acceptors (Lipinski definition) is 2. The minimum atomic E-state index is -0.217. The predicted molar refractivity (Wildman–Crippen MR) is 68.7 cm³/mol. The summed E-state index contributed by atoms with van der Waals surface area (Å²) in [6, 6.07) is 4.45. The van der Waals surface area contributed by atoms with Gasteiger partial charge in [-0.05, 0) is 56.9 Å². The highest BCUT2D eigenvalue weighted by Gasteiger charge is 2.15. The molecule has 0 aliphatic heterocycles. The van der Waals surface area contributed by atoms with Crippen molar-refractivity contribution in [1.29, 1.82) is 0 Å². The van der Waals surface area contributed by atoms with Crippen molar-refractivity contribution in [3.05, 3.63) is 34.4 Å². The van der Waals surface area contributed by atoms with Gasteiger partial charge in [-0.25, -0.2) is 0 Å². The first-order valence-corrected chi connectivity index (χ1v) is 5.78. The van der Waals surface area contributed by atoms with Gasteiger partial charge < -0.3 is 10.4 Å². The smallest absolute Gasteiger partial charge is 0.0607 e. The Morgan fingerprint density at radius 2 is 1.62 bits per heavy atom. The first-order chi connectivity index (χ1) is 7.35. The van der Waals surface area contributed by atoms with Gasteiger partial charge in [0.05, 0.1) is 6.61 Å². The molecule has 0 saturated carbocycles. The molecule has 0 radical (unpaired) electrons. The van der Waals surface area contributed by atoms with E-state index in [1.54, 1.807) is 0 Å². The van der Waals surface area contributed by atoms with E-state index in [0.717, 1.165) is 6.54 Å². The molecule has 0 spiro atoms. The van der Waals surface area contributed by atoms with Crippen molar-refractivity contribution in [3.63, 3.8) is 0 Å². The van der Waals surface area contributed by atoms with Gasteiger partial charge in [-0.2, -0.15) is 0 Å². The summed E-state index contributed by atoms with van der Waals surface area (Å²) in [4.78, 5) is 0. The van der Waals surface area contributed by atoms with Crippen LogP contribution in [0.3, 0.4) is 0 Å². The van der Waals surface area contributed by atoms with E-state index in [-0.39, 0.29) is 12.1 Å². The molecule has 0 aliphatic rings. The zero-order valence-electron chi connectivity index (χ0n) is 11.0. The minimum Gasteiger partial charge on any atom is -0.394 e. The molecule has 0 bridgehead atoms. The molecular weight excluding hydrogens is 198 g/mol. The average molecular weight is 221 g/mol. The Labute approximate surface area is 98.7 Å². The SMILES string of the molecule is Cc1cc(C)c(CNC(C)(C)CO)cc1C. The number of aryl methyl sites for hydroxylation is 3. The summed E-state index contributed by atoms with van der Waals surface area (Å²) in [5.41, 5.74) is 5.06. The third-order valence-corrected chi connectivity index (χ3v) is 3.10. The highest BCUT2D eigenvalue weighted by molar-refractivity contribution is 5.36. The number of aliphatic hydroxyl groups excluding tert-OH is 1. The molecule has 90 valence electrons. The highest BCUT2D eigenvalue weighted by atomic mass is 16.3. The zero-order chi connectivity index (χ0) is 12.3. The van der Waals surface area contributed by atoms with Gasteiger partial charge in [0.25, 0.3) is 0 Å². The van der Waals surface area contributed by atoms with Crippen LogP contribution in [0.25, 0.3) is 0 Å². The monoisotopic (exact) mass is 221 g/mol. The maximum Gasteiger partial charge on any atom is 0.0607 e. The Balaban J connectivity index is 2.79. The summed E-state index contributed by atoms with van der Waals surface area (Å²) in [6.07, 6.45) is 0. The molecule has 1 aromatic carbocycles. The molecule has 0 amide bonds. The van der Waals surface area contributed by atoms with Crippen molar-refractivity contribution in [2.45, 2.75) is 46.7 Å². The summed E-state index contributed by atoms with van der Waals surface area (Å²) in [5, 5.41) is 12.5. The maximum absolute atomic E-state index is 9.18. The Hall–Kier alpha value is -0.860. The van der Waals surface area contributed by atoms with Crippen molar-refractivity contribution in [1.82, 2.24) is 5.32 Å². The second kappa shape index (κ2) is 4.98. The van der Waals surface area contributed by atoms with E-state index < -0.39 is 0 Å². The molecule has 0 fully saturated rings. The summed E-state index contributed by atoms with van der Waals surface area (Å²) < 4.78 is 0. The highest BCUT2D eigenvalue weighted by Crippen LogP contribution is 2.16. The molecule has 1 rings (SSSR count). The molecule has 0 saturated heterocycles. The lowest BCUT2D eigenvalue weighted by atomic mass is 9.99. The minimum absolute atomic E-state index is 0.150. The lowest BCUT2D eigenvalue weighted by Crippen LogP contribution is -2.42. The Morgan fingerprint density at radius 1 is 1.06 bits per heavy atom. The largest absolute Gasteiger partial charge is 0.394 e. The van der Waals surface area contributed by atoms with E-state index in [9.17, 15) is 5.11 Å². The molecule has 2 N–H and O–H groups in total. The first kappa shape index (κ1) is 13.2. The molecule has 0 aliphatic carbocycles. The predicted octanol–water partition coefficient (Wildman–Crippen LogP) is 2.47. The summed E-state index contributed by atoms with van der Waals surface area (Å²) in [7, 11) is 0. The van der Waals surface area contributed by atoms with E-state index in [2.05, 4.69) is 38.2 Å². The Morgan fingerprint density at radius 3 is 2.19 bits per heavy atom. The van der Waals surface area contributed by atoms with E-state index >= 15 is 0 Å². The van der Waals surface area contributed by atoms with Crippen LogP contribution in [0.5, 0.6) is 0 Å². The molecule has 2 nitrogen and oxygen atoms in total. The van der Waals surface area contributed by atoms with E-state index in [1.807, 2.05) is 13.8 Å². The van der Waals surface area contributed by atoms with E-state index in [1.165, 1.54) is 22.3 Å². The van der Waals surface area contributed by atoms with Gasteiger partial charge in [-0.1, -0.05) is 12.1 Å². The Bertz CT molecular complexity index is 369. The zero-order valence-corrected chi connectivity index (χ0v) is 11.0. The second-order valence-electron chi connectivity index (χ2n) is 5.26. The number of rotatable bonds is 4. The average Bonchev–Trinajstić information content (AvgIpc) is 2.22. The van der Waals surface area contributed by atoms with E-state index in [4.69, 9.17) is 0 Å². The van der Waals surface area contributed by atoms with Gasteiger partial charge in [0.2, 0.25) is 0 Å². The third kappa shape index (κ3) is 3.32. The lowest BCUT2D eigenvalue weighted by molar-refractivity contribution is 0.187. The molecule has 0 aromatic heterocycles. The molecule has 0 heterocycles. The van der Waals surface area contributed by atoms with Crippen LogP contribution in [0.1, 0.15) is 36.1 Å². The Kier molecular flexibility index (Phi) is 4.11.